The molecule has 1 saturated carbocycles. The Morgan fingerprint density at radius 1 is 1.13 bits per heavy atom. The molecule has 2 rings (SSSR count). The zero-order valence-corrected chi connectivity index (χ0v) is 19.6. The summed E-state index contributed by atoms with van der Waals surface area (Å²) in [5, 5.41) is 6.47. The van der Waals surface area contributed by atoms with Gasteiger partial charge in [0.05, 0.1) is 11.0 Å². The van der Waals surface area contributed by atoms with Crippen LogP contribution in [0, 0.1) is 0 Å². The van der Waals surface area contributed by atoms with Gasteiger partial charge in [0.15, 0.2) is 5.96 Å². The van der Waals surface area contributed by atoms with E-state index in [0.717, 1.165) is 19.6 Å². The Labute approximate surface area is 182 Å². The van der Waals surface area contributed by atoms with Crippen molar-refractivity contribution in [2.75, 3.05) is 20.2 Å². The minimum atomic E-state index is -3.61. The largest absolute Gasteiger partial charge is 0.378 e. The molecule has 0 spiro atoms. The summed E-state index contributed by atoms with van der Waals surface area (Å²) in [6.45, 7) is 7.34. The summed E-state index contributed by atoms with van der Waals surface area (Å²) in [6, 6.07) is 7.02. The van der Waals surface area contributed by atoms with Crippen LogP contribution in [0.2, 0.25) is 0 Å². The fourth-order valence-corrected chi connectivity index (χ4v) is 5.19. The van der Waals surface area contributed by atoms with Gasteiger partial charge in [-0.15, -0.1) is 0 Å². The van der Waals surface area contributed by atoms with Crippen molar-refractivity contribution in [1.29, 1.82) is 0 Å². The van der Waals surface area contributed by atoms with E-state index in [9.17, 15) is 8.42 Å². The molecule has 7 nitrogen and oxygen atoms in total. The first-order valence-corrected chi connectivity index (χ1v) is 12.4. The van der Waals surface area contributed by atoms with Gasteiger partial charge in [-0.3, -0.25) is 4.99 Å². The van der Waals surface area contributed by atoms with Gasteiger partial charge in [0.1, 0.15) is 0 Å². The van der Waals surface area contributed by atoms with Crippen LogP contribution in [0.1, 0.15) is 64.9 Å². The minimum Gasteiger partial charge on any atom is -0.378 e. The van der Waals surface area contributed by atoms with E-state index in [1.807, 2.05) is 32.9 Å². The minimum absolute atomic E-state index is 0.281. The molecule has 0 aromatic heterocycles. The van der Waals surface area contributed by atoms with Gasteiger partial charge in [0.2, 0.25) is 10.0 Å². The van der Waals surface area contributed by atoms with Crippen LogP contribution in [0.5, 0.6) is 0 Å². The second kappa shape index (κ2) is 11.7. The fourth-order valence-electron chi connectivity index (χ4n) is 3.53. The Hall–Kier alpha value is -1.64. The highest BCUT2D eigenvalue weighted by Crippen LogP contribution is 2.20. The Balaban J connectivity index is 1.82. The molecule has 0 amide bonds. The molecule has 170 valence electrons. The van der Waals surface area contributed by atoms with E-state index in [0.29, 0.717) is 24.2 Å². The summed E-state index contributed by atoms with van der Waals surface area (Å²) in [6.07, 6.45) is 7.59. The van der Waals surface area contributed by atoms with Crippen LogP contribution in [-0.4, -0.2) is 46.2 Å². The van der Waals surface area contributed by atoms with Crippen molar-refractivity contribution in [3.63, 3.8) is 0 Å². The predicted octanol–water partition coefficient (Wildman–Crippen LogP) is 3.17. The van der Waals surface area contributed by atoms with Crippen LogP contribution in [0.15, 0.2) is 34.2 Å². The van der Waals surface area contributed by atoms with Crippen molar-refractivity contribution >= 4 is 16.0 Å². The molecule has 0 saturated heterocycles. The zero-order valence-electron chi connectivity index (χ0n) is 18.8. The van der Waals surface area contributed by atoms with Crippen LogP contribution in [0.25, 0.3) is 0 Å². The third-order valence-electron chi connectivity index (χ3n) is 4.89. The van der Waals surface area contributed by atoms with E-state index in [4.69, 9.17) is 4.74 Å². The van der Waals surface area contributed by atoms with E-state index in [2.05, 4.69) is 20.3 Å². The highest BCUT2D eigenvalue weighted by Gasteiger charge is 2.24. The van der Waals surface area contributed by atoms with E-state index in [1.54, 1.807) is 19.2 Å². The monoisotopic (exact) mass is 438 g/mol. The highest BCUT2D eigenvalue weighted by atomic mass is 32.2. The third kappa shape index (κ3) is 8.62. The molecular weight excluding hydrogens is 400 g/mol. The first-order valence-electron chi connectivity index (χ1n) is 10.9. The molecule has 0 radical (unpaired) electrons. The SMILES string of the molecule is CN=C(NCCCOC1CCCCC1)NCc1ccccc1S(=O)(=O)NC(C)(C)C. The molecular formula is C22H38N4O3S. The van der Waals surface area contributed by atoms with Gasteiger partial charge < -0.3 is 15.4 Å². The lowest BCUT2D eigenvalue weighted by atomic mass is 9.98. The number of ether oxygens (including phenoxy) is 1. The summed E-state index contributed by atoms with van der Waals surface area (Å²) in [5.41, 5.74) is 0.147. The highest BCUT2D eigenvalue weighted by molar-refractivity contribution is 7.89. The zero-order chi connectivity index (χ0) is 22.0. The first kappa shape index (κ1) is 24.6. The second-order valence-electron chi connectivity index (χ2n) is 8.80. The molecule has 0 aliphatic heterocycles. The average Bonchev–Trinajstić information content (AvgIpc) is 2.69. The number of aliphatic imine (C=N–C) groups is 1. The maximum absolute atomic E-state index is 12.8. The van der Waals surface area contributed by atoms with Gasteiger partial charge in [-0.25, -0.2) is 13.1 Å². The molecule has 1 fully saturated rings. The van der Waals surface area contributed by atoms with Crippen molar-refractivity contribution in [3.8, 4) is 0 Å². The molecule has 0 atom stereocenters. The summed E-state index contributed by atoms with van der Waals surface area (Å²) in [7, 11) is -1.90. The van der Waals surface area contributed by atoms with Crippen LogP contribution in [0.4, 0.5) is 0 Å². The quantitative estimate of drug-likeness (QED) is 0.313. The smallest absolute Gasteiger partial charge is 0.241 e. The Morgan fingerprint density at radius 3 is 2.50 bits per heavy atom. The van der Waals surface area contributed by atoms with E-state index in [1.165, 1.54) is 32.1 Å². The standard InChI is InChI=1S/C22H38N4O3S/c1-22(2,3)26-30(27,28)20-14-9-8-11-18(20)17-25-21(23-4)24-15-10-16-29-19-12-6-5-7-13-19/h8-9,11,14,19,26H,5-7,10,12-13,15-17H2,1-4H3,(H2,23,24,25). The Kier molecular flexibility index (Phi) is 9.58. The lowest BCUT2D eigenvalue weighted by molar-refractivity contribution is 0.0277. The van der Waals surface area contributed by atoms with Gasteiger partial charge in [-0.1, -0.05) is 37.5 Å². The normalized spacial score (nSPS) is 16.5. The number of guanidine groups is 1. The maximum Gasteiger partial charge on any atom is 0.241 e. The van der Waals surface area contributed by atoms with Crippen molar-refractivity contribution in [2.45, 2.75) is 82.4 Å². The van der Waals surface area contributed by atoms with E-state index < -0.39 is 15.6 Å². The maximum atomic E-state index is 12.8. The summed E-state index contributed by atoms with van der Waals surface area (Å²) < 4.78 is 34.2. The lowest BCUT2D eigenvalue weighted by Crippen LogP contribution is -2.41. The molecule has 0 heterocycles. The van der Waals surface area contributed by atoms with Gasteiger partial charge in [-0.2, -0.15) is 0 Å². The molecule has 30 heavy (non-hydrogen) atoms. The van der Waals surface area contributed by atoms with Crippen molar-refractivity contribution < 1.29 is 13.2 Å². The number of hydrogen-bond acceptors (Lipinski definition) is 4. The topological polar surface area (TPSA) is 91.8 Å². The van der Waals surface area contributed by atoms with Crippen molar-refractivity contribution in [3.05, 3.63) is 29.8 Å². The van der Waals surface area contributed by atoms with Gasteiger partial charge in [0, 0.05) is 32.3 Å². The van der Waals surface area contributed by atoms with E-state index >= 15 is 0 Å². The number of hydrogen-bond donors (Lipinski definition) is 3. The van der Waals surface area contributed by atoms with Gasteiger partial charge in [0.25, 0.3) is 0 Å². The van der Waals surface area contributed by atoms with E-state index in [-0.39, 0.29) is 4.90 Å². The molecule has 1 aliphatic carbocycles. The third-order valence-corrected chi connectivity index (χ3v) is 6.75. The number of nitrogens with one attached hydrogen (secondary N) is 3. The number of rotatable bonds is 9. The molecule has 8 heteroatoms. The number of sulfonamides is 1. The first-order chi connectivity index (χ1) is 14.2. The molecule has 1 aliphatic rings. The van der Waals surface area contributed by atoms with Crippen LogP contribution >= 0.6 is 0 Å². The average molecular weight is 439 g/mol. The molecule has 1 aromatic carbocycles. The van der Waals surface area contributed by atoms with Crippen molar-refractivity contribution in [1.82, 2.24) is 15.4 Å². The summed E-state index contributed by atoms with van der Waals surface area (Å²) >= 11 is 0. The molecule has 3 N–H and O–H groups in total. The number of nitrogens with zero attached hydrogens (tertiary/aromatic N) is 1. The van der Waals surface area contributed by atoms with Gasteiger partial charge >= 0.3 is 0 Å². The summed E-state index contributed by atoms with van der Waals surface area (Å²) in [4.78, 5) is 4.51. The molecule has 0 bridgehead atoms. The van der Waals surface area contributed by atoms with Crippen molar-refractivity contribution in [2.24, 2.45) is 4.99 Å². The second-order valence-corrected chi connectivity index (χ2v) is 10.5. The van der Waals surface area contributed by atoms with Crippen LogP contribution < -0.4 is 15.4 Å². The predicted molar refractivity (Wildman–Crippen MR) is 122 cm³/mol. The Bertz CT molecular complexity index is 782. The number of benzene rings is 1. The lowest BCUT2D eigenvalue weighted by Gasteiger charge is -2.22. The molecule has 1 aromatic rings. The summed E-state index contributed by atoms with van der Waals surface area (Å²) in [5.74, 6) is 0.642. The van der Waals surface area contributed by atoms with Crippen LogP contribution in [-0.2, 0) is 21.3 Å². The Morgan fingerprint density at radius 2 is 1.83 bits per heavy atom. The molecule has 0 unspecified atom stereocenters. The van der Waals surface area contributed by atoms with Crippen LogP contribution in [0.3, 0.4) is 0 Å². The van der Waals surface area contributed by atoms with Gasteiger partial charge in [-0.05, 0) is 51.7 Å². The fraction of sp³-hybridized carbons (Fsp3) is 0.682.